The van der Waals surface area contributed by atoms with Crippen molar-refractivity contribution in [2.75, 3.05) is 30.8 Å². The monoisotopic (exact) mass is 220 g/mol. The summed E-state index contributed by atoms with van der Waals surface area (Å²) < 4.78 is 4.70. The number of anilines is 2. The van der Waals surface area contributed by atoms with E-state index in [0.717, 1.165) is 18.8 Å². The fourth-order valence-electron chi connectivity index (χ4n) is 2.00. The van der Waals surface area contributed by atoms with Gasteiger partial charge < -0.3 is 15.4 Å². The molecule has 1 aliphatic heterocycles. The summed E-state index contributed by atoms with van der Waals surface area (Å²) in [6, 6.07) is 5.53. The Kier molecular flexibility index (Phi) is 2.99. The number of hydrogen-bond donors (Lipinski definition) is 1. The summed E-state index contributed by atoms with van der Waals surface area (Å²) in [5.74, 6) is -0.376. The van der Waals surface area contributed by atoms with Crippen LogP contribution in [0.25, 0.3) is 0 Å². The van der Waals surface area contributed by atoms with E-state index in [0.29, 0.717) is 11.3 Å². The molecule has 1 fully saturated rings. The molecule has 0 radical (unpaired) electrons. The van der Waals surface area contributed by atoms with Gasteiger partial charge in [-0.25, -0.2) is 4.79 Å². The summed E-state index contributed by atoms with van der Waals surface area (Å²) >= 11 is 0. The third-order valence-electron chi connectivity index (χ3n) is 2.91. The van der Waals surface area contributed by atoms with Crippen LogP contribution in [0.2, 0.25) is 0 Å². The van der Waals surface area contributed by atoms with Crippen LogP contribution in [0.15, 0.2) is 18.2 Å². The Morgan fingerprint density at radius 2 is 2.06 bits per heavy atom. The van der Waals surface area contributed by atoms with Gasteiger partial charge in [-0.2, -0.15) is 0 Å². The Morgan fingerprint density at radius 3 is 2.69 bits per heavy atom. The Morgan fingerprint density at radius 1 is 1.38 bits per heavy atom. The van der Waals surface area contributed by atoms with Crippen LogP contribution in [0.3, 0.4) is 0 Å². The van der Waals surface area contributed by atoms with Gasteiger partial charge in [-0.1, -0.05) is 0 Å². The molecule has 1 heterocycles. The first kappa shape index (κ1) is 10.8. The number of nitrogens with zero attached hydrogens (tertiary/aromatic N) is 1. The molecule has 1 aliphatic rings. The predicted molar refractivity (Wildman–Crippen MR) is 63.6 cm³/mol. The first-order valence-corrected chi connectivity index (χ1v) is 5.45. The van der Waals surface area contributed by atoms with Crippen LogP contribution in [0.5, 0.6) is 0 Å². The van der Waals surface area contributed by atoms with E-state index in [-0.39, 0.29) is 5.97 Å². The molecule has 0 atom stereocenters. The second-order valence-corrected chi connectivity index (χ2v) is 3.96. The molecule has 1 saturated heterocycles. The van der Waals surface area contributed by atoms with E-state index < -0.39 is 0 Å². The van der Waals surface area contributed by atoms with E-state index in [4.69, 9.17) is 10.5 Å². The number of esters is 1. The summed E-state index contributed by atoms with van der Waals surface area (Å²) in [5, 5.41) is 0. The second kappa shape index (κ2) is 4.43. The zero-order chi connectivity index (χ0) is 11.5. The van der Waals surface area contributed by atoms with E-state index >= 15 is 0 Å². The van der Waals surface area contributed by atoms with Crippen molar-refractivity contribution in [2.45, 2.75) is 12.8 Å². The molecule has 0 saturated carbocycles. The largest absolute Gasteiger partial charge is 0.465 e. The topological polar surface area (TPSA) is 55.6 Å². The lowest BCUT2D eigenvalue weighted by molar-refractivity contribution is 0.0602. The Balaban J connectivity index is 2.30. The Bertz CT molecular complexity index is 398. The minimum absolute atomic E-state index is 0.376. The number of rotatable bonds is 2. The highest BCUT2D eigenvalue weighted by atomic mass is 16.5. The van der Waals surface area contributed by atoms with Gasteiger partial charge >= 0.3 is 5.97 Å². The zero-order valence-electron chi connectivity index (χ0n) is 9.40. The van der Waals surface area contributed by atoms with Crippen molar-refractivity contribution in [3.63, 3.8) is 0 Å². The van der Waals surface area contributed by atoms with Crippen molar-refractivity contribution in [3.05, 3.63) is 23.8 Å². The number of methoxy groups -OCH3 is 1. The van der Waals surface area contributed by atoms with Crippen LogP contribution in [-0.4, -0.2) is 26.2 Å². The number of hydrogen-bond acceptors (Lipinski definition) is 4. The third-order valence-corrected chi connectivity index (χ3v) is 2.91. The molecule has 0 unspecified atom stereocenters. The molecule has 0 amide bonds. The van der Waals surface area contributed by atoms with Gasteiger partial charge in [-0.3, -0.25) is 0 Å². The van der Waals surface area contributed by atoms with Crippen molar-refractivity contribution in [1.82, 2.24) is 0 Å². The molecule has 0 aromatic heterocycles. The van der Waals surface area contributed by atoms with Crippen molar-refractivity contribution >= 4 is 17.3 Å². The predicted octanol–water partition coefficient (Wildman–Crippen LogP) is 1.66. The lowest BCUT2D eigenvalue weighted by atomic mass is 10.1. The van der Waals surface area contributed by atoms with E-state index in [1.54, 1.807) is 6.07 Å². The van der Waals surface area contributed by atoms with Gasteiger partial charge in [-0.05, 0) is 31.0 Å². The summed E-state index contributed by atoms with van der Waals surface area (Å²) in [6.45, 7) is 2.09. The normalized spacial score (nSPS) is 15.2. The zero-order valence-corrected chi connectivity index (χ0v) is 9.40. The molecule has 16 heavy (non-hydrogen) atoms. The molecule has 1 aromatic carbocycles. The average Bonchev–Trinajstić information content (AvgIpc) is 2.82. The van der Waals surface area contributed by atoms with Crippen LogP contribution in [0, 0.1) is 0 Å². The summed E-state index contributed by atoms with van der Waals surface area (Å²) in [6.07, 6.45) is 2.41. The van der Waals surface area contributed by atoms with Crippen LogP contribution in [0.1, 0.15) is 23.2 Å². The molecule has 86 valence electrons. The number of carbonyl (C=O) groups is 1. The van der Waals surface area contributed by atoms with E-state index in [1.165, 1.54) is 20.0 Å². The molecule has 0 aliphatic carbocycles. The molecule has 0 spiro atoms. The molecule has 4 nitrogen and oxygen atoms in total. The highest BCUT2D eigenvalue weighted by Gasteiger charge is 2.16. The van der Waals surface area contributed by atoms with E-state index in [1.807, 2.05) is 12.1 Å². The highest BCUT2D eigenvalue weighted by molar-refractivity contribution is 5.96. The molecule has 1 aromatic rings. The molecule has 2 N–H and O–H groups in total. The lowest BCUT2D eigenvalue weighted by Gasteiger charge is -2.18. The fourth-order valence-corrected chi connectivity index (χ4v) is 2.00. The number of ether oxygens (including phenoxy) is 1. The van der Waals surface area contributed by atoms with Crippen LogP contribution in [-0.2, 0) is 4.74 Å². The second-order valence-electron chi connectivity index (χ2n) is 3.96. The van der Waals surface area contributed by atoms with Gasteiger partial charge in [0.25, 0.3) is 0 Å². The number of carbonyl (C=O) groups excluding carboxylic acids is 1. The van der Waals surface area contributed by atoms with Crippen molar-refractivity contribution in [1.29, 1.82) is 0 Å². The first-order valence-electron chi connectivity index (χ1n) is 5.45. The van der Waals surface area contributed by atoms with Gasteiger partial charge in [-0.15, -0.1) is 0 Å². The maximum atomic E-state index is 11.5. The number of nitrogen functional groups attached to an aromatic ring is 1. The third kappa shape index (κ3) is 1.96. The van der Waals surface area contributed by atoms with Crippen LogP contribution >= 0.6 is 0 Å². The SMILES string of the molecule is COC(=O)c1cc(N2CCCC2)ccc1N. The van der Waals surface area contributed by atoms with Gasteiger partial charge in [0.2, 0.25) is 0 Å². The van der Waals surface area contributed by atoms with E-state index in [9.17, 15) is 4.79 Å². The summed E-state index contributed by atoms with van der Waals surface area (Å²) in [5.41, 5.74) is 7.71. The Hall–Kier alpha value is -1.71. The summed E-state index contributed by atoms with van der Waals surface area (Å²) in [4.78, 5) is 13.7. The molecular weight excluding hydrogens is 204 g/mol. The van der Waals surface area contributed by atoms with Gasteiger partial charge in [0.05, 0.1) is 12.7 Å². The van der Waals surface area contributed by atoms with Crippen LogP contribution < -0.4 is 10.6 Å². The molecule has 0 bridgehead atoms. The number of nitrogens with two attached hydrogens (primary N) is 1. The maximum Gasteiger partial charge on any atom is 0.340 e. The smallest absolute Gasteiger partial charge is 0.340 e. The number of benzene rings is 1. The highest BCUT2D eigenvalue weighted by Crippen LogP contribution is 2.24. The minimum Gasteiger partial charge on any atom is -0.465 e. The van der Waals surface area contributed by atoms with Gasteiger partial charge in [0.15, 0.2) is 0 Å². The van der Waals surface area contributed by atoms with Crippen LogP contribution in [0.4, 0.5) is 11.4 Å². The molecule has 4 heteroatoms. The van der Waals surface area contributed by atoms with Crippen molar-refractivity contribution in [2.24, 2.45) is 0 Å². The fraction of sp³-hybridized carbons (Fsp3) is 0.417. The van der Waals surface area contributed by atoms with Gasteiger partial charge in [0, 0.05) is 24.5 Å². The lowest BCUT2D eigenvalue weighted by Crippen LogP contribution is -2.18. The Labute approximate surface area is 95.0 Å². The standard InChI is InChI=1S/C12H16N2O2/c1-16-12(15)10-8-9(4-5-11(10)13)14-6-2-3-7-14/h4-5,8H,2-3,6-7,13H2,1H3. The molecular formula is C12H16N2O2. The van der Waals surface area contributed by atoms with Crippen molar-refractivity contribution in [3.8, 4) is 0 Å². The summed E-state index contributed by atoms with van der Waals surface area (Å²) in [7, 11) is 1.37. The first-order chi connectivity index (χ1) is 7.72. The minimum atomic E-state index is -0.376. The van der Waals surface area contributed by atoms with E-state index in [2.05, 4.69) is 4.90 Å². The average molecular weight is 220 g/mol. The van der Waals surface area contributed by atoms with Gasteiger partial charge in [0.1, 0.15) is 0 Å². The maximum absolute atomic E-state index is 11.5. The quantitative estimate of drug-likeness (QED) is 0.608. The molecule has 2 rings (SSSR count). The van der Waals surface area contributed by atoms with Crippen molar-refractivity contribution < 1.29 is 9.53 Å².